The zero-order chi connectivity index (χ0) is 8.85. The van der Waals surface area contributed by atoms with Crippen molar-refractivity contribution in [2.45, 2.75) is 24.7 Å². The van der Waals surface area contributed by atoms with Crippen molar-refractivity contribution in [3.05, 3.63) is 0 Å². The third-order valence-electron chi connectivity index (χ3n) is 1.30. The van der Waals surface area contributed by atoms with Crippen molar-refractivity contribution in [1.29, 1.82) is 0 Å². The van der Waals surface area contributed by atoms with Crippen LogP contribution in [0.3, 0.4) is 0 Å². The Balaban J connectivity index is 3.82. The van der Waals surface area contributed by atoms with Gasteiger partial charge in [0.1, 0.15) is 12.2 Å². The highest BCUT2D eigenvalue weighted by molar-refractivity contribution is 4.90. The maximum absolute atomic E-state index is 8.96. The molecule has 11 heavy (non-hydrogen) atoms. The van der Waals surface area contributed by atoms with E-state index in [1.165, 1.54) is 0 Å². The number of rotatable bonds is 4. The van der Waals surface area contributed by atoms with E-state index >= 15 is 0 Å². The van der Waals surface area contributed by atoms with Gasteiger partial charge in [-0.2, -0.15) is 0 Å². The topological polar surface area (TPSA) is 80.9 Å². The molecule has 0 aromatic rings. The van der Waals surface area contributed by atoms with Gasteiger partial charge in [0.2, 0.25) is 0 Å². The largest absolute Gasteiger partial charge is 0.394 e. The predicted molar refractivity (Wildman–Crippen MR) is 38.6 cm³/mol. The van der Waals surface area contributed by atoms with E-state index in [1.54, 1.807) is 0 Å². The Bertz CT molecular complexity index is 140. The van der Waals surface area contributed by atoms with Crippen molar-refractivity contribution in [3.63, 3.8) is 0 Å². The zero-order valence-corrected chi connectivity index (χ0v) is 6.01. The fourth-order valence-electron chi connectivity index (χ4n) is 0.606. The minimum atomic E-state index is -1.38. The Morgan fingerprint density at radius 3 is 2.09 bits per heavy atom. The van der Waals surface area contributed by atoms with Crippen LogP contribution in [-0.2, 0) is 0 Å². The molecule has 0 aromatic heterocycles. The lowest BCUT2D eigenvalue weighted by Gasteiger charge is -2.19. The SMILES string of the molecule is C#CC[C@@H](O)[C@H](O)[C@H](O)CO. The summed E-state index contributed by atoms with van der Waals surface area (Å²) in [6.07, 6.45) is 0.908. The van der Waals surface area contributed by atoms with Gasteiger partial charge in [0.25, 0.3) is 0 Å². The number of aliphatic hydroxyl groups is 4. The summed E-state index contributed by atoms with van der Waals surface area (Å²) >= 11 is 0. The summed E-state index contributed by atoms with van der Waals surface area (Å²) in [6, 6.07) is 0. The first-order chi connectivity index (χ1) is 5.13. The van der Waals surface area contributed by atoms with Crippen LogP contribution in [0.4, 0.5) is 0 Å². The summed E-state index contributed by atoms with van der Waals surface area (Å²) in [5.74, 6) is 2.12. The quantitative estimate of drug-likeness (QED) is 0.362. The molecule has 4 heteroatoms. The lowest BCUT2D eigenvalue weighted by molar-refractivity contribution is -0.0741. The highest BCUT2D eigenvalue weighted by Gasteiger charge is 2.22. The second kappa shape index (κ2) is 5.10. The van der Waals surface area contributed by atoms with E-state index in [0.29, 0.717) is 0 Å². The molecule has 0 aliphatic heterocycles. The first-order valence-corrected chi connectivity index (χ1v) is 3.22. The molecule has 64 valence electrons. The fraction of sp³-hybridized carbons (Fsp3) is 0.714. The number of aliphatic hydroxyl groups excluding tert-OH is 4. The first kappa shape index (κ1) is 10.4. The molecule has 4 nitrogen and oxygen atoms in total. The lowest BCUT2D eigenvalue weighted by Crippen LogP contribution is -2.39. The van der Waals surface area contributed by atoms with E-state index in [2.05, 4.69) is 5.92 Å². The Hall–Kier alpha value is -0.600. The monoisotopic (exact) mass is 160 g/mol. The van der Waals surface area contributed by atoms with Crippen LogP contribution < -0.4 is 0 Å². The fourth-order valence-corrected chi connectivity index (χ4v) is 0.606. The van der Waals surface area contributed by atoms with Crippen LogP contribution in [0.25, 0.3) is 0 Å². The Morgan fingerprint density at radius 2 is 1.73 bits per heavy atom. The van der Waals surface area contributed by atoms with Crippen LogP contribution in [-0.4, -0.2) is 45.3 Å². The first-order valence-electron chi connectivity index (χ1n) is 3.22. The van der Waals surface area contributed by atoms with Crippen LogP contribution in [0.5, 0.6) is 0 Å². The van der Waals surface area contributed by atoms with Crippen LogP contribution in [0.2, 0.25) is 0 Å². The molecule has 0 aliphatic rings. The molecule has 0 aromatic carbocycles. The molecular weight excluding hydrogens is 148 g/mol. The van der Waals surface area contributed by atoms with Crippen molar-refractivity contribution in [2.24, 2.45) is 0 Å². The molecule has 0 fully saturated rings. The smallest absolute Gasteiger partial charge is 0.109 e. The number of hydrogen-bond acceptors (Lipinski definition) is 4. The average Bonchev–Trinajstić information content (AvgIpc) is 2.02. The summed E-state index contributed by atoms with van der Waals surface area (Å²) in [6.45, 7) is -0.594. The van der Waals surface area contributed by atoms with Crippen molar-refractivity contribution in [2.75, 3.05) is 6.61 Å². The van der Waals surface area contributed by atoms with E-state index in [9.17, 15) is 0 Å². The molecule has 0 unspecified atom stereocenters. The minimum Gasteiger partial charge on any atom is -0.394 e. The van der Waals surface area contributed by atoms with E-state index in [-0.39, 0.29) is 6.42 Å². The summed E-state index contributed by atoms with van der Waals surface area (Å²) in [4.78, 5) is 0. The molecule has 0 saturated carbocycles. The van der Waals surface area contributed by atoms with Gasteiger partial charge in [0.05, 0.1) is 12.7 Å². The van der Waals surface area contributed by atoms with E-state index in [0.717, 1.165) is 0 Å². The zero-order valence-electron chi connectivity index (χ0n) is 6.01. The molecule has 0 aliphatic carbocycles. The van der Waals surface area contributed by atoms with Gasteiger partial charge in [-0.25, -0.2) is 0 Å². The molecule has 0 rings (SSSR count). The molecule has 0 spiro atoms. The third-order valence-corrected chi connectivity index (χ3v) is 1.30. The lowest BCUT2D eigenvalue weighted by atomic mass is 10.1. The van der Waals surface area contributed by atoms with E-state index in [4.69, 9.17) is 26.8 Å². The summed E-state index contributed by atoms with van der Waals surface area (Å²) < 4.78 is 0. The maximum Gasteiger partial charge on any atom is 0.109 e. The molecule has 0 amide bonds. The summed E-state index contributed by atoms with van der Waals surface area (Å²) in [5, 5.41) is 35.1. The van der Waals surface area contributed by atoms with Crippen molar-refractivity contribution in [1.82, 2.24) is 0 Å². The molecule has 0 saturated heterocycles. The van der Waals surface area contributed by atoms with Crippen molar-refractivity contribution >= 4 is 0 Å². The standard InChI is InChI=1S/C7H12O4/c1-2-3-5(9)7(11)6(10)4-8/h1,5-11H,3-4H2/t5-,6-,7+/m1/s1. The third kappa shape index (κ3) is 3.35. The molecule has 0 heterocycles. The van der Waals surface area contributed by atoms with Gasteiger partial charge in [-0.05, 0) is 0 Å². The van der Waals surface area contributed by atoms with Gasteiger partial charge in [-0.3, -0.25) is 0 Å². The van der Waals surface area contributed by atoms with Crippen LogP contribution in [0.15, 0.2) is 0 Å². The van der Waals surface area contributed by atoms with Gasteiger partial charge in [-0.15, -0.1) is 12.3 Å². The molecule has 4 N–H and O–H groups in total. The van der Waals surface area contributed by atoms with Gasteiger partial charge in [0.15, 0.2) is 0 Å². The Kier molecular flexibility index (Phi) is 4.83. The normalized spacial score (nSPS) is 18.5. The van der Waals surface area contributed by atoms with Gasteiger partial charge in [0, 0.05) is 6.42 Å². The summed E-state index contributed by atoms with van der Waals surface area (Å²) in [5.41, 5.74) is 0. The Labute approximate surface area is 65.1 Å². The van der Waals surface area contributed by atoms with E-state index < -0.39 is 24.9 Å². The van der Waals surface area contributed by atoms with E-state index in [1.807, 2.05) is 0 Å². The van der Waals surface area contributed by atoms with Crippen molar-refractivity contribution < 1.29 is 20.4 Å². The van der Waals surface area contributed by atoms with Crippen LogP contribution in [0.1, 0.15) is 6.42 Å². The molecule has 0 radical (unpaired) electrons. The van der Waals surface area contributed by atoms with Crippen LogP contribution in [0, 0.1) is 12.3 Å². The molecule has 0 bridgehead atoms. The second-order valence-corrected chi connectivity index (χ2v) is 2.22. The number of terminal acetylenes is 1. The second-order valence-electron chi connectivity index (χ2n) is 2.22. The van der Waals surface area contributed by atoms with Gasteiger partial charge >= 0.3 is 0 Å². The number of hydrogen-bond donors (Lipinski definition) is 4. The predicted octanol–water partition coefficient (Wildman–Crippen LogP) is -1.92. The molecule has 3 atom stereocenters. The van der Waals surface area contributed by atoms with Crippen molar-refractivity contribution in [3.8, 4) is 12.3 Å². The molecular formula is C7H12O4. The maximum atomic E-state index is 8.96. The average molecular weight is 160 g/mol. The van der Waals surface area contributed by atoms with Gasteiger partial charge < -0.3 is 20.4 Å². The van der Waals surface area contributed by atoms with Crippen LogP contribution >= 0.6 is 0 Å². The Morgan fingerprint density at radius 1 is 1.18 bits per heavy atom. The summed E-state index contributed by atoms with van der Waals surface area (Å²) in [7, 11) is 0. The minimum absolute atomic E-state index is 0.0434. The van der Waals surface area contributed by atoms with Gasteiger partial charge in [-0.1, -0.05) is 0 Å². The highest BCUT2D eigenvalue weighted by Crippen LogP contribution is 2.02. The highest BCUT2D eigenvalue weighted by atomic mass is 16.4.